The van der Waals surface area contributed by atoms with Gasteiger partial charge in [-0.25, -0.2) is 0 Å². The molecule has 3 heteroatoms. The van der Waals surface area contributed by atoms with E-state index in [4.69, 9.17) is 9.47 Å². The highest BCUT2D eigenvalue weighted by atomic mass is 16.5. The zero-order valence-electron chi connectivity index (χ0n) is 18.9. The van der Waals surface area contributed by atoms with Crippen molar-refractivity contribution in [2.75, 3.05) is 0 Å². The molecule has 0 aliphatic carbocycles. The lowest BCUT2D eigenvalue weighted by Gasteiger charge is -2.27. The number of carbonyl (C=O) groups is 1. The Kier molecular flexibility index (Phi) is 4.21. The van der Waals surface area contributed by atoms with Crippen molar-refractivity contribution in [3.63, 3.8) is 0 Å². The van der Waals surface area contributed by atoms with Gasteiger partial charge in [0.25, 0.3) is 0 Å². The Morgan fingerprint density at radius 1 is 0.966 bits per heavy atom. The Labute approximate surface area is 174 Å². The average Bonchev–Trinajstić information content (AvgIpc) is 3.04. The molecule has 2 heterocycles. The van der Waals surface area contributed by atoms with Gasteiger partial charge in [-0.1, -0.05) is 65.8 Å². The molecule has 0 N–H and O–H groups in total. The maximum absolute atomic E-state index is 13.0. The van der Waals surface area contributed by atoms with Crippen molar-refractivity contribution in [2.45, 2.75) is 84.2 Å². The SMILES string of the molecule is CC1(C)Cc2cc(C3C(=O)Oc4c3cc(C(C)(C)C)cc4C(C)(C)C)ccc2O1. The number of hydrogen-bond acceptors (Lipinski definition) is 3. The van der Waals surface area contributed by atoms with Gasteiger partial charge in [0.05, 0.1) is 0 Å². The second-order valence-corrected chi connectivity index (χ2v) is 11.2. The largest absolute Gasteiger partial charge is 0.487 e. The molecule has 2 aliphatic rings. The van der Waals surface area contributed by atoms with E-state index in [2.05, 4.69) is 73.6 Å². The van der Waals surface area contributed by atoms with Gasteiger partial charge < -0.3 is 9.47 Å². The summed E-state index contributed by atoms with van der Waals surface area (Å²) in [5.41, 5.74) is 5.14. The first kappa shape index (κ1) is 20.0. The van der Waals surface area contributed by atoms with Crippen LogP contribution in [0.1, 0.15) is 89.1 Å². The van der Waals surface area contributed by atoms with Crippen molar-refractivity contribution in [3.05, 3.63) is 58.1 Å². The first-order valence-electron chi connectivity index (χ1n) is 10.5. The second kappa shape index (κ2) is 6.10. The number of fused-ring (bicyclic) bond motifs is 2. The summed E-state index contributed by atoms with van der Waals surface area (Å²) >= 11 is 0. The molecule has 0 aromatic heterocycles. The molecule has 0 saturated carbocycles. The van der Waals surface area contributed by atoms with Gasteiger partial charge in [-0.05, 0) is 47.4 Å². The van der Waals surface area contributed by atoms with E-state index >= 15 is 0 Å². The maximum atomic E-state index is 13.0. The number of carbonyl (C=O) groups excluding carboxylic acids is 1. The summed E-state index contributed by atoms with van der Waals surface area (Å²) in [5.74, 6) is 1.10. The average molecular weight is 393 g/mol. The van der Waals surface area contributed by atoms with Crippen LogP contribution in [-0.4, -0.2) is 11.6 Å². The third-order valence-electron chi connectivity index (χ3n) is 5.96. The third-order valence-corrected chi connectivity index (χ3v) is 5.96. The fraction of sp³-hybridized carbons (Fsp3) is 0.500. The molecule has 1 unspecified atom stereocenters. The minimum atomic E-state index is -0.387. The van der Waals surface area contributed by atoms with Gasteiger partial charge in [-0.3, -0.25) is 4.79 Å². The molecule has 2 aliphatic heterocycles. The van der Waals surface area contributed by atoms with Gasteiger partial charge in [0.2, 0.25) is 0 Å². The Bertz CT molecular complexity index is 1000. The first-order chi connectivity index (χ1) is 13.3. The summed E-state index contributed by atoms with van der Waals surface area (Å²) in [6.45, 7) is 17.3. The van der Waals surface area contributed by atoms with Crippen molar-refractivity contribution in [3.8, 4) is 11.5 Å². The molecule has 0 spiro atoms. The van der Waals surface area contributed by atoms with E-state index < -0.39 is 0 Å². The van der Waals surface area contributed by atoms with Gasteiger partial charge in [-0.15, -0.1) is 0 Å². The normalized spacial score (nSPS) is 20.1. The quantitative estimate of drug-likeness (QED) is 0.438. The van der Waals surface area contributed by atoms with Crippen LogP contribution in [0.25, 0.3) is 0 Å². The standard InChI is InChI=1S/C26H32O3/c1-24(2,3)17-12-18-21(23(27)28-22(18)19(13-17)25(4,5)6)15-9-10-20-16(11-15)14-26(7,8)29-20/h9-13,21H,14H2,1-8H3. The van der Waals surface area contributed by atoms with E-state index in [1.165, 1.54) is 5.56 Å². The van der Waals surface area contributed by atoms with E-state index in [-0.39, 0.29) is 28.3 Å². The molecule has 3 nitrogen and oxygen atoms in total. The van der Waals surface area contributed by atoms with Crippen LogP contribution >= 0.6 is 0 Å². The minimum absolute atomic E-state index is 0.0129. The fourth-order valence-electron chi connectivity index (χ4n) is 4.38. The van der Waals surface area contributed by atoms with Gasteiger partial charge in [0, 0.05) is 17.5 Å². The molecular weight excluding hydrogens is 360 g/mol. The third kappa shape index (κ3) is 3.45. The molecule has 29 heavy (non-hydrogen) atoms. The molecule has 2 aromatic rings. The monoisotopic (exact) mass is 392 g/mol. The molecule has 154 valence electrons. The van der Waals surface area contributed by atoms with Crippen LogP contribution in [0, 0.1) is 0 Å². The smallest absolute Gasteiger partial charge is 0.323 e. The Balaban J connectivity index is 1.87. The van der Waals surface area contributed by atoms with Crippen molar-refractivity contribution in [1.29, 1.82) is 0 Å². The Morgan fingerprint density at radius 3 is 2.28 bits per heavy atom. The van der Waals surface area contributed by atoms with Crippen LogP contribution in [0.3, 0.4) is 0 Å². The number of hydrogen-bond donors (Lipinski definition) is 0. The molecule has 0 radical (unpaired) electrons. The molecule has 4 rings (SSSR count). The highest BCUT2D eigenvalue weighted by molar-refractivity contribution is 5.90. The van der Waals surface area contributed by atoms with Crippen molar-refractivity contribution < 1.29 is 14.3 Å². The second-order valence-electron chi connectivity index (χ2n) is 11.2. The molecule has 1 atom stereocenters. The van der Waals surface area contributed by atoms with E-state index in [9.17, 15) is 4.79 Å². The highest BCUT2D eigenvalue weighted by Crippen LogP contribution is 2.48. The summed E-state index contributed by atoms with van der Waals surface area (Å²) < 4.78 is 11.9. The first-order valence-corrected chi connectivity index (χ1v) is 10.5. The summed E-state index contributed by atoms with van der Waals surface area (Å²) in [6, 6.07) is 10.5. The van der Waals surface area contributed by atoms with Crippen molar-refractivity contribution in [2.24, 2.45) is 0 Å². The van der Waals surface area contributed by atoms with Gasteiger partial charge >= 0.3 is 5.97 Å². The van der Waals surface area contributed by atoms with Crippen molar-refractivity contribution in [1.82, 2.24) is 0 Å². The Hall–Kier alpha value is -2.29. The van der Waals surface area contributed by atoms with Gasteiger partial charge in [-0.2, -0.15) is 0 Å². The van der Waals surface area contributed by atoms with Crippen LogP contribution in [0.4, 0.5) is 0 Å². The summed E-state index contributed by atoms with van der Waals surface area (Å²) in [6.07, 6.45) is 0.847. The molecular formula is C26H32O3. The highest BCUT2D eigenvalue weighted by Gasteiger charge is 2.40. The van der Waals surface area contributed by atoms with Crippen LogP contribution in [0.2, 0.25) is 0 Å². The number of ether oxygens (including phenoxy) is 2. The molecule has 0 saturated heterocycles. The fourth-order valence-corrected chi connectivity index (χ4v) is 4.38. The summed E-state index contributed by atoms with van der Waals surface area (Å²) in [7, 11) is 0. The zero-order chi connectivity index (χ0) is 21.4. The van der Waals surface area contributed by atoms with E-state index in [1.54, 1.807) is 0 Å². The predicted molar refractivity (Wildman–Crippen MR) is 116 cm³/mol. The van der Waals surface area contributed by atoms with E-state index in [0.29, 0.717) is 0 Å². The predicted octanol–water partition coefficient (Wildman–Crippen LogP) is 6.05. The van der Waals surface area contributed by atoms with Crippen LogP contribution in [0.5, 0.6) is 11.5 Å². The van der Waals surface area contributed by atoms with E-state index in [1.807, 2.05) is 12.1 Å². The Morgan fingerprint density at radius 2 is 1.66 bits per heavy atom. The minimum Gasteiger partial charge on any atom is -0.487 e. The zero-order valence-corrected chi connectivity index (χ0v) is 18.9. The lowest BCUT2D eigenvalue weighted by molar-refractivity contribution is -0.133. The number of benzene rings is 2. The molecule has 0 fully saturated rings. The van der Waals surface area contributed by atoms with Crippen LogP contribution in [-0.2, 0) is 22.0 Å². The van der Waals surface area contributed by atoms with Crippen LogP contribution in [0.15, 0.2) is 30.3 Å². The topological polar surface area (TPSA) is 35.5 Å². The lowest BCUT2D eigenvalue weighted by atomic mass is 9.77. The van der Waals surface area contributed by atoms with Crippen molar-refractivity contribution >= 4 is 5.97 Å². The summed E-state index contributed by atoms with van der Waals surface area (Å²) in [5, 5.41) is 0. The maximum Gasteiger partial charge on any atom is 0.323 e. The van der Waals surface area contributed by atoms with Gasteiger partial charge in [0.15, 0.2) is 0 Å². The van der Waals surface area contributed by atoms with Gasteiger partial charge in [0.1, 0.15) is 23.0 Å². The molecule has 0 amide bonds. The van der Waals surface area contributed by atoms with Crippen LogP contribution < -0.4 is 9.47 Å². The molecule has 2 aromatic carbocycles. The van der Waals surface area contributed by atoms with E-state index in [0.717, 1.165) is 40.2 Å². The number of esters is 1. The summed E-state index contributed by atoms with van der Waals surface area (Å²) in [4.78, 5) is 13.0. The lowest BCUT2D eigenvalue weighted by Crippen LogP contribution is -2.24. The number of rotatable bonds is 1. The molecule has 0 bridgehead atoms.